The Morgan fingerprint density at radius 2 is 2.50 bits per heavy atom. The van der Waals surface area contributed by atoms with Crippen LogP contribution in [0.3, 0.4) is 0 Å². The number of likely N-dealkylation sites (tertiary alicyclic amines) is 1. The molecule has 2 heterocycles. The molecule has 116 valence electrons. The maximum absolute atomic E-state index is 9.46. The molecule has 2 aliphatic carbocycles. The lowest BCUT2D eigenvalue weighted by atomic mass is 9.53. The number of benzene rings is 1. The van der Waals surface area contributed by atoms with Gasteiger partial charge in [-0.15, -0.1) is 0 Å². The normalized spacial score (nSPS) is 52.2. The number of methoxy groups -OCH3 is 1. The van der Waals surface area contributed by atoms with Crippen LogP contribution in [-0.2, 0) is 11.8 Å². The Labute approximate surface area is 138 Å². The quantitative estimate of drug-likeness (QED) is 0.841. The van der Waals surface area contributed by atoms with Crippen molar-refractivity contribution in [3.05, 3.63) is 35.4 Å². The van der Waals surface area contributed by atoms with E-state index >= 15 is 0 Å². The molecule has 1 fully saturated rings. The standard InChI is InChI=1S/C18H21NO3/c1-19-8-7-18-11-4-5-13(20)17(18)22-16-14(21-2)6-3-10(15(16)18)9-12(11)19/h3-6,11-13,17,20H,7-9H2,1-2H3/t11-,12+,13?,17?,18-/m0/s1/i2D3,11D,12D,20D. The van der Waals surface area contributed by atoms with Gasteiger partial charge in [-0.3, -0.25) is 0 Å². The van der Waals surface area contributed by atoms with Crippen LogP contribution in [-0.4, -0.2) is 50.3 Å². The van der Waals surface area contributed by atoms with E-state index in [0.717, 1.165) is 11.1 Å². The molecule has 1 aromatic rings. The predicted octanol–water partition coefficient (Wildman–Crippen LogP) is 1.50. The molecule has 2 unspecified atom stereocenters. The highest BCUT2D eigenvalue weighted by molar-refractivity contribution is 5.62. The molecule has 22 heavy (non-hydrogen) atoms. The van der Waals surface area contributed by atoms with Crippen molar-refractivity contribution in [2.45, 2.75) is 36.5 Å². The first-order valence-electron chi connectivity index (χ1n) is 10.5. The molecule has 4 aliphatic rings. The van der Waals surface area contributed by atoms with Gasteiger partial charge in [-0.25, -0.2) is 0 Å². The molecule has 2 bridgehead atoms. The minimum absolute atomic E-state index is 0.102. The minimum atomic E-state index is -2.64. The van der Waals surface area contributed by atoms with Crippen LogP contribution < -0.4 is 9.47 Å². The van der Waals surface area contributed by atoms with Gasteiger partial charge in [0.25, 0.3) is 0 Å². The summed E-state index contributed by atoms with van der Waals surface area (Å²) in [5.74, 6) is -0.915. The molecule has 1 N–H and O–H groups in total. The molecule has 1 aromatic carbocycles. The Morgan fingerprint density at radius 3 is 3.36 bits per heavy atom. The Balaban J connectivity index is 1.81. The topological polar surface area (TPSA) is 41.9 Å². The SMILES string of the molecule is [2H]OC1C=C[C@]2([2H])[C@@]34CCN(C)[C@]2([2H])Cc2ccc(OC([2H])([2H])[2H])c(c23)OC14. The van der Waals surface area contributed by atoms with Gasteiger partial charge in [0.2, 0.25) is 1.43 Å². The largest absolute Gasteiger partial charge is 0.493 e. The van der Waals surface area contributed by atoms with Crippen molar-refractivity contribution < 1.29 is 21.4 Å². The van der Waals surface area contributed by atoms with Crippen molar-refractivity contribution in [1.29, 1.82) is 1.43 Å². The molecule has 1 saturated heterocycles. The van der Waals surface area contributed by atoms with Crippen LogP contribution in [0, 0.1) is 5.89 Å². The van der Waals surface area contributed by atoms with Crippen LogP contribution in [0.15, 0.2) is 24.3 Å². The Bertz CT molecular complexity index is 891. The third-order valence-corrected chi connectivity index (χ3v) is 5.70. The van der Waals surface area contributed by atoms with Gasteiger partial charge in [-0.1, -0.05) is 18.2 Å². The predicted molar refractivity (Wildman–Crippen MR) is 82.5 cm³/mol. The van der Waals surface area contributed by atoms with Gasteiger partial charge in [-0.05, 0) is 38.1 Å². The smallest absolute Gasteiger partial charge is 0.211 e. The second kappa shape index (κ2) is 4.06. The fourth-order valence-electron chi connectivity index (χ4n) is 4.73. The number of likely N-dealkylation sites (N-methyl/N-ethyl adjacent to an activating group) is 1. The summed E-state index contributed by atoms with van der Waals surface area (Å²) in [6.07, 6.45) is 2.76. The molecule has 4 heteroatoms. The summed E-state index contributed by atoms with van der Waals surface area (Å²) in [6.45, 7) is 0.589. The van der Waals surface area contributed by atoms with E-state index in [2.05, 4.69) is 0 Å². The molecular weight excluding hydrogens is 278 g/mol. The average Bonchev–Trinajstić information content (AvgIpc) is 2.96. The molecule has 5 rings (SSSR count). The third-order valence-electron chi connectivity index (χ3n) is 5.70. The number of hydrogen-bond acceptors (Lipinski definition) is 4. The van der Waals surface area contributed by atoms with Crippen LogP contribution >= 0.6 is 0 Å². The van der Waals surface area contributed by atoms with E-state index in [0.29, 0.717) is 25.1 Å². The first-order chi connectivity index (χ1) is 13.1. The zero-order valence-corrected chi connectivity index (χ0v) is 12.3. The van der Waals surface area contributed by atoms with Crippen molar-refractivity contribution in [1.82, 2.24) is 4.90 Å². The molecule has 0 aromatic heterocycles. The van der Waals surface area contributed by atoms with Crippen LogP contribution in [0.5, 0.6) is 11.5 Å². The van der Waals surface area contributed by atoms with Crippen LogP contribution in [0.2, 0.25) is 0 Å². The first-order valence-corrected chi connectivity index (χ1v) is 7.62. The number of aliphatic hydroxyl groups excluding tert-OH is 1. The lowest BCUT2D eigenvalue weighted by molar-refractivity contribution is -0.0453. The van der Waals surface area contributed by atoms with E-state index in [-0.39, 0.29) is 5.75 Å². The summed E-state index contributed by atoms with van der Waals surface area (Å²) in [4.78, 5) is 1.91. The summed E-state index contributed by atoms with van der Waals surface area (Å²) in [6, 6.07) is 2.14. The Morgan fingerprint density at radius 1 is 1.55 bits per heavy atom. The monoisotopic (exact) mass is 305 g/mol. The van der Waals surface area contributed by atoms with Crippen molar-refractivity contribution in [2.75, 3.05) is 20.6 Å². The highest BCUT2D eigenvalue weighted by atomic mass is 16.5. The highest BCUT2D eigenvalue weighted by Crippen LogP contribution is 2.62. The van der Waals surface area contributed by atoms with Crippen molar-refractivity contribution in [2.24, 2.45) is 5.89 Å². The van der Waals surface area contributed by atoms with E-state index in [1.54, 1.807) is 24.3 Å². The molecular formula is C18H21NO3. The summed E-state index contributed by atoms with van der Waals surface area (Å²) < 4.78 is 60.0. The fraction of sp³-hybridized carbons (Fsp3) is 0.556. The van der Waals surface area contributed by atoms with E-state index in [1.807, 2.05) is 11.9 Å². The molecule has 0 amide bonds. The number of hydrogen-bond donors (Lipinski definition) is 1. The van der Waals surface area contributed by atoms with Gasteiger partial charge >= 0.3 is 0 Å². The number of aliphatic hydroxyl groups is 1. The lowest BCUT2D eigenvalue weighted by Crippen LogP contribution is -2.64. The number of piperidine rings is 1. The van der Waals surface area contributed by atoms with E-state index < -0.39 is 36.6 Å². The van der Waals surface area contributed by atoms with E-state index in [4.69, 9.17) is 20.1 Å². The summed E-state index contributed by atoms with van der Waals surface area (Å²) in [5, 5.41) is 4.91. The summed E-state index contributed by atoms with van der Waals surface area (Å²) >= 11 is 0. The minimum Gasteiger partial charge on any atom is -0.493 e. The third kappa shape index (κ3) is 1.28. The van der Waals surface area contributed by atoms with Gasteiger partial charge in [0.05, 0.1) is 11.2 Å². The van der Waals surface area contributed by atoms with Crippen molar-refractivity contribution >= 4 is 0 Å². The Hall–Kier alpha value is -1.52. The van der Waals surface area contributed by atoms with E-state index in [9.17, 15) is 2.74 Å². The van der Waals surface area contributed by atoms with Crippen LogP contribution in [0.4, 0.5) is 0 Å². The lowest BCUT2D eigenvalue weighted by Gasteiger charge is -2.56. The molecule has 5 atom stereocenters. The molecule has 0 saturated carbocycles. The van der Waals surface area contributed by atoms with Gasteiger partial charge in [-0.2, -0.15) is 0 Å². The number of ether oxygens (including phenoxy) is 2. The maximum Gasteiger partial charge on any atom is 0.211 e. The second-order valence-electron chi connectivity index (χ2n) is 6.57. The average molecular weight is 305 g/mol. The molecule has 4 nitrogen and oxygen atoms in total. The van der Waals surface area contributed by atoms with Crippen LogP contribution in [0.25, 0.3) is 0 Å². The van der Waals surface area contributed by atoms with Gasteiger partial charge in [0, 0.05) is 25.6 Å². The fourth-order valence-corrected chi connectivity index (χ4v) is 4.73. The zero-order chi connectivity index (χ0) is 20.1. The number of nitrogens with zero attached hydrogens (tertiary/aromatic N) is 1. The first kappa shape index (κ1) is 8.37. The summed E-state index contributed by atoms with van der Waals surface area (Å²) in [5.41, 5.74) is 0.703. The second-order valence-corrected chi connectivity index (χ2v) is 6.57. The van der Waals surface area contributed by atoms with Crippen molar-refractivity contribution in [3.63, 3.8) is 0 Å². The van der Waals surface area contributed by atoms with Gasteiger partial charge < -0.3 is 19.5 Å². The van der Waals surface area contributed by atoms with Gasteiger partial charge in [0.15, 0.2) is 11.5 Å². The van der Waals surface area contributed by atoms with E-state index in [1.165, 1.54) is 0 Å². The zero-order valence-electron chi connectivity index (χ0n) is 18.3. The van der Waals surface area contributed by atoms with Crippen LogP contribution in [0.1, 0.15) is 24.4 Å². The summed E-state index contributed by atoms with van der Waals surface area (Å²) in [7, 11) is -0.776. The van der Waals surface area contributed by atoms with Gasteiger partial charge in [0.1, 0.15) is 12.2 Å². The highest BCUT2D eigenvalue weighted by Gasteiger charge is 2.64. The molecule has 0 radical (unpaired) electrons. The maximum atomic E-state index is 9.46. The Kier molecular flexibility index (Phi) is 1.54. The molecule has 2 aliphatic heterocycles. The van der Waals surface area contributed by atoms with Crippen molar-refractivity contribution in [3.8, 4) is 11.5 Å². The molecule has 1 spiro atoms. The number of rotatable bonds is 2.